The van der Waals surface area contributed by atoms with E-state index in [1.165, 1.54) is 36.9 Å². The molecule has 0 saturated heterocycles. The molecular formula is C18H22N2O3S. The van der Waals surface area contributed by atoms with E-state index in [0.29, 0.717) is 5.56 Å². The molecule has 1 amide bonds. The summed E-state index contributed by atoms with van der Waals surface area (Å²) in [7, 11) is -2.15. The van der Waals surface area contributed by atoms with E-state index in [2.05, 4.69) is 29.1 Å². The molecule has 24 heavy (non-hydrogen) atoms. The molecule has 0 aliphatic rings. The van der Waals surface area contributed by atoms with Crippen molar-refractivity contribution in [2.75, 3.05) is 7.05 Å². The van der Waals surface area contributed by atoms with Gasteiger partial charge in [0.05, 0.1) is 10.9 Å². The van der Waals surface area contributed by atoms with Crippen LogP contribution in [-0.2, 0) is 16.4 Å². The van der Waals surface area contributed by atoms with E-state index in [4.69, 9.17) is 0 Å². The van der Waals surface area contributed by atoms with Gasteiger partial charge in [-0.1, -0.05) is 31.2 Å². The van der Waals surface area contributed by atoms with Crippen LogP contribution in [0.3, 0.4) is 0 Å². The molecule has 128 valence electrons. The fraction of sp³-hybridized carbons (Fsp3) is 0.278. The topological polar surface area (TPSA) is 75.3 Å². The van der Waals surface area contributed by atoms with E-state index in [1.54, 1.807) is 0 Å². The van der Waals surface area contributed by atoms with Gasteiger partial charge in [0.15, 0.2) is 0 Å². The van der Waals surface area contributed by atoms with Gasteiger partial charge < -0.3 is 5.32 Å². The summed E-state index contributed by atoms with van der Waals surface area (Å²) >= 11 is 0. The first-order valence-electron chi connectivity index (χ1n) is 7.80. The molecule has 6 heteroatoms. The molecule has 0 heterocycles. The Hall–Kier alpha value is -2.18. The molecule has 0 spiro atoms. The van der Waals surface area contributed by atoms with E-state index in [9.17, 15) is 13.2 Å². The number of carbonyl (C=O) groups is 1. The SMILES string of the molecule is CCc1ccc([C@@H](C)NC(=O)c2ccc(S(=O)(=O)NC)cc2)cc1. The molecule has 2 rings (SSSR count). The quantitative estimate of drug-likeness (QED) is 0.844. The van der Waals surface area contributed by atoms with Crippen LogP contribution in [0.25, 0.3) is 0 Å². The van der Waals surface area contributed by atoms with Gasteiger partial charge in [-0.2, -0.15) is 0 Å². The van der Waals surface area contributed by atoms with E-state index in [1.807, 2.05) is 19.1 Å². The number of carbonyl (C=O) groups excluding carboxylic acids is 1. The summed E-state index contributed by atoms with van der Waals surface area (Å²) in [5.41, 5.74) is 2.69. The van der Waals surface area contributed by atoms with Crippen LogP contribution in [0.15, 0.2) is 53.4 Å². The molecule has 0 unspecified atom stereocenters. The molecule has 0 aliphatic carbocycles. The van der Waals surface area contributed by atoms with Crippen molar-refractivity contribution in [3.8, 4) is 0 Å². The molecule has 0 bridgehead atoms. The van der Waals surface area contributed by atoms with Crippen LogP contribution in [0, 0.1) is 0 Å². The predicted molar refractivity (Wildman–Crippen MR) is 94.4 cm³/mol. The number of aryl methyl sites for hydroxylation is 1. The highest BCUT2D eigenvalue weighted by atomic mass is 32.2. The predicted octanol–water partition coefficient (Wildman–Crippen LogP) is 2.65. The van der Waals surface area contributed by atoms with Crippen LogP contribution >= 0.6 is 0 Å². The Morgan fingerprint density at radius 2 is 1.62 bits per heavy atom. The van der Waals surface area contributed by atoms with Crippen molar-refractivity contribution < 1.29 is 13.2 Å². The molecule has 0 aliphatic heterocycles. The zero-order valence-electron chi connectivity index (χ0n) is 14.0. The Kier molecular flexibility index (Phi) is 5.75. The van der Waals surface area contributed by atoms with Gasteiger partial charge in [-0.15, -0.1) is 0 Å². The molecule has 5 nitrogen and oxygen atoms in total. The second-order valence-corrected chi connectivity index (χ2v) is 7.41. The van der Waals surface area contributed by atoms with Crippen LogP contribution in [0.1, 0.15) is 41.4 Å². The maximum absolute atomic E-state index is 12.3. The van der Waals surface area contributed by atoms with Crippen LogP contribution in [-0.4, -0.2) is 21.4 Å². The first kappa shape index (κ1) is 18.2. The lowest BCUT2D eigenvalue weighted by molar-refractivity contribution is 0.0940. The molecule has 1 atom stereocenters. The fourth-order valence-corrected chi connectivity index (χ4v) is 3.04. The van der Waals surface area contributed by atoms with Gasteiger partial charge in [-0.05, 0) is 55.8 Å². The number of amides is 1. The summed E-state index contributed by atoms with van der Waals surface area (Å²) in [4.78, 5) is 12.4. The Balaban J connectivity index is 2.08. The molecule has 2 aromatic carbocycles. The van der Waals surface area contributed by atoms with E-state index >= 15 is 0 Å². The lowest BCUT2D eigenvalue weighted by atomic mass is 10.0. The van der Waals surface area contributed by atoms with Crippen molar-refractivity contribution >= 4 is 15.9 Å². The summed E-state index contributed by atoms with van der Waals surface area (Å²) in [6.07, 6.45) is 0.975. The second kappa shape index (κ2) is 7.59. The van der Waals surface area contributed by atoms with Gasteiger partial charge in [-0.25, -0.2) is 13.1 Å². The summed E-state index contributed by atoms with van der Waals surface area (Å²) in [6.45, 7) is 4.01. The second-order valence-electron chi connectivity index (χ2n) is 5.52. The Bertz CT molecular complexity index is 797. The molecule has 2 aromatic rings. The molecule has 0 saturated carbocycles. The molecule has 0 aromatic heterocycles. The zero-order chi connectivity index (χ0) is 17.7. The minimum absolute atomic E-state index is 0.129. The fourth-order valence-electron chi connectivity index (χ4n) is 2.31. The molecule has 2 N–H and O–H groups in total. The Morgan fingerprint density at radius 3 is 2.12 bits per heavy atom. The van der Waals surface area contributed by atoms with Gasteiger partial charge in [0.25, 0.3) is 5.91 Å². The highest BCUT2D eigenvalue weighted by Gasteiger charge is 2.14. The number of sulfonamides is 1. The summed E-state index contributed by atoms with van der Waals surface area (Å²) in [5.74, 6) is -0.240. The minimum Gasteiger partial charge on any atom is -0.346 e. The smallest absolute Gasteiger partial charge is 0.251 e. The average Bonchev–Trinajstić information content (AvgIpc) is 2.61. The average molecular weight is 346 g/mol. The lowest BCUT2D eigenvalue weighted by Gasteiger charge is -2.15. The van der Waals surface area contributed by atoms with Gasteiger partial charge >= 0.3 is 0 Å². The van der Waals surface area contributed by atoms with Gasteiger partial charge in [-0.3, -0.25) is 4.79 Å². The molecular weight excluding hydrogens is 324 g/mol. The molecule has 0 fully saturated rings. The third-order valence-corrected chi connectivity index (χ3v) is 5.36. The van der Waals surface area contributed by atoms with Gasteiger partial charge in [0.1, 0.15) is 0 Å². The largest absolute Gasteiger partial charge is 0.346 e. The monoisotopic (exact) mass is 346 g/mol. The third kappa shape index (κ3) is 4.21. The number of nitrogens with one attached hydrogen (secondary N) is 2. The first-order chi connectivity index (χ1) is 11.4. The standard InChI is InChI=1S/C18H22N2O3S/c1-4-14-5-7-15(8-6-14)13(2)20-18(21)16-9-11-17(12-10-16)24(22,23)19-3/h5-13,19H,4H2,1-3H3,(H,20,21)/t13-/m1/s1. The van der Waals surface area contributed by atoms with Crippen LogP contribution in [0.2, 0.25) is 0 Å². The summed E-state index contributed by atoms with van der Waals surface area (Å²) in [6, 6.07) is 13.8. The minimum atomic E-state index is -3.50. The van der Waals surface area contributed by atoms with E-state index in [-0.39, 0.29) is 16.8 Å². The van der Waals surface area contributed by atoms with Crippen molar-refractivity contribution in [3.63, 3.8) is 0 Å². The van der Waals surface area contributed by atoms with Crippen molar-refractivity contribution in [2.24, 2.45) is 0 Å². The number of hydrogen-bond donors (Lipinski definition) is 2. The van der Waals surface area contributed by atoms with Crippen molar-refractivity contribution in [2.45, 2.75) is 31.2 Å². The van der Waals surface area contributed by atoms with Crippen LogP contribution in [0.4, 0.5) is 0 Å². The van der Waals surface area contributed by atoms with Crippen LogP contribution in [0.5, 0.6) is 0 Å². The third-order valence-electron chi connectivity index (χ3n) is 3.93. The number of rotatable bonds is 6. The maximum atomic E-state index is 12.3. The van der Waals surface area contributed by atoms with Gasteiger partial charge in [0.2, 0.25) is 10.0 Å². The summed E-state index contributed by atoms with van der Waals surface area (Å²) in [5, 5.41) is 2.92. The normalized spacial score (nSPS) is 12.6. The highest BCUT2D eigenvalue weighted by Crippen LogP contribution is 2.15. The zero-order valence-corrected chi connectivity index (χ0v) is 14.9. The number of hydrogen-bond acceptors (Lipinski definition) is 3. The van der Waals surface area contributed by atoms with Crippen molar-refractivity contribution in [1.29, 1.82) is 0 Å². The van der Waals surface area contributed by atoms with Gasteiger partial charge in [0, 0.05) is 5.56 Å². The van der Waals surface area contributed by atoms with E-state index < -0.39 is 10.0 Å². The number of benzene rings is 2. The van der Waals surface area contributed by atoms with Crippen LogP contribution < -0.4 is 10.0 Å². The highest BCUT2D eigenvalue weighted by molar-refractivity contribution is 7.89. The Labute approximate surface area is 143 Å². The Morgan fingerprint density at radius 1 is 1.04 bits per heavy atom. The first-order valence-corrected chi connectivity index (χ1v) is 9.29. The molecule has 0 radical (unpaired) electrons. The van der Waals surface area contributed by atoms with E-state index in [0.717, 1.165) is 12.0 Å². The van der Waals surface area contributed by atoms with Crippen molar-refractivity contribution in [1.82, 2.24) is 10.0 Å². The summed E-state index contributed by atoms with van der Waals surface area (Å²) < 4.78 is 25.6. The van der Waals surface area contributed by atoms with Crippen molar-refractivity contribution in [3.05, 3.63) is 65.2 Å². The maximum Gasteiger partial charge on any atom is 0.251 e. The lowest BCUT2D eigenvalue weighted by Crippen LogP contribution is -2.26.